The highest BCUT2D eigenvalue weighted by Gasteiger charge is 2.41. The average molecular weight is 438 g/mol. The highest BCUT2D eigenvalue weighted by molar-refractivity contribution is 7.92. The molecule has 2 heterocycles. The van der Waals surface area contributed by atoms with Crippen LogP contribution in [0.15, 0.2) is 52.3 Å². The first-order chi connectivity index (χ1) is 13.8. The van der Waals surface area contributed by atoms with Crippen LogP contribution in [0.1, 0.15) is 6.42 Å². The Morgan fingerprint density at radius 1 is 1.10 bits per heavy atom. The molecule has 1 fully saturated rings. The van der Waals surface area contributed by atoms with E-state index in [1.54, 1.807) is 13.2 Å². The van der Waals surface area contributed by atoms with E-state index < -0.39 is 11.2 Å². The number of quaternary nitrogens is 2. The van der Waals surface area contributed by atoms with E-state index in [-0.39, 0.29) is 4.65 Å². The lowest BCUT2D eigenvalue weighted by molar-refractivity contribution is -1.18. The molecule has 8 heteroatoms. The fourth-order valence-electron chi connectivity index (χ4n) is 4.22. The molecule has 2 aromatic rings. The molecular formula is C21H28ClN3O3S+2. The van der Waals surface area contributed by atoms with Crippen LogP contribution >= 0.6 is 11.6 Å². The van der Waals surface area contributed by atoms with Crippen LogP contribution in [-0.4, -0.2) is 72.5 Å². The van der Waals surface area contributed by atoms with Crippen molar-refractivity contribution in [1.82, 2.24) is 0 Å². The number of benzene rings is 2. The van der Waals surface area contributed by atoms with Crippen molar-refractivity contribution in [3.05, 3.63) is 47.5 Å². The maximum absolute atomic E-state index is 13.0. The first-order valence-electron chi connectivity index (χ1n) is 9.91. The number of likely N-dealkylation sites (N-methyl/N-ethyl adjacent to an activating group) is 1. The monoisotopic (exact) mass is 437 g/mol. The number of para-hydroxylation sites is 1. The van der Waals surface area contributed by atoms with E-state index in [0.29, 0.717) is 22.8 Å². The number of hydrogen-bond donors (Lipinski definition) is 1. The van der Waals surface area contributed by atoms with Crippen LogP contribution in [0.5, 0.6) is 0 Å². The van der Waals surface area contributed by atoms with Crippen LogP contribution in [0.4, 0.5) is 11.4 Å². The first kappa shape index (κ1) is 20.9. The molecule has 0 saturated carbocycles. The number of hydrogen-bond acceptors (Lipinski definition) is 4. The number of nitrogens with zero attached hydrogens (tertiary/aromatic N) is 3. The van der Waals surface area contributed by atoms with E-state index in [2.05, 4.69) is 4.90 Å². The van der Waals surface area contributed by atoms with Gasteiger partial charge in [-0.1, -0.05) is 23.7 Å². The number of hydroxylamine groups is 6. The summed E-state index contributed by atoms with van der Waals surface area (Å²) in [5.41, 5.74) is 1.89. The summed E-state index contributed by atoms with van der Waals surface area (Å²) in [5, 5.41) is 10.9. The molecule has 0 bridgehead atoms. The Morgan fingerprint density at radius 3 is 2.52 bits per heavy atom. The Labute approximate surface area is 180 Å². The average Bonchev–Trinajstić information content (AvgIpc) is 2.72. The van der Waals surface area contributed by atoms with Gasteiger partial charge in [-0.05, 0) is 30.3 Å². The van der Waals surface area contributed by atoms with Gasteiger partial charge in [-0.2, -0.15) is 9.29 Å². The Balaban J connectivity index is 1.55. The zero-order valence-corrected chi connectivity index (χ0v) is 18.5. The van der Waals surface area contributed by atoms with Gasteiger partial charge < -0.3 is 9.45 Å². The van der Waals surface area contributed by atoms with Gasteiger partial charge in [0.05, 0.1) is 25.5 Å². The SMILES string of the molecule is CO[N+]1(CCCN2c3ccccc3[S+]([O-])c3ccc(Cl)cc32)CC[N+](C)(O)CC1. The van der Waals surface area contributed by atoms with Crippen LogP contribution in [0, 0.1) is 0 Å². The van der Waals surface area contributed by atoms with E-state index >= 15 is 0 Å². The zero-order valence-electron chi connectivity index (χ0n) is 16.9. The second-order valence-electron chi connectivity index (χ2n) is 8.05. The molecule has 0 spiro atoms. The third-order valence-corrected chi connectivity index (χ3v) is 7.80. The Morgan fingerprint density at radius 2 is 1.79 bits per heavy atom. The van der Waals surface area contributed by atoms with Crippen molar-refractivity contribution in [2.45, 2.75) is 16.2 Å². The molecule has 1 atom stereocenters. The summed E-state index contributed by atoms with van der Waals surface area (Å²) in [6, 6.07) is 13.4. The topological polar surface area (TPSA) is 55.8 Å². The summed E-state index contributed by atoms with van der Waals surface area (Å²) in [6.45, 7) is 4.55. The van der Waals surface area contributed by atoms with E-state index in [4.69, 9.17) is 16.4 Å². The molecule has 0 radical (unpaired) electrons. The standard InChI is InChI=1S/C21H28ClN3O3S/c1-24(26)12-14-25(28-2,15-13-24)11-5-10-23-18-6-3-4-7-20(18)29(27)21-9-8-17(22)16-19(21)23/h3-4,6-9,16,26H,5,10-15H2,1-2H3/q+2. The number of rotatable bonds is 5. The molecule has 1 saturated heterocycles. The minimum absolute atomic E-state index is 0.0561. The van der Waals surface area contributed by atoms with Crippen LogP contribution in [0.25, 0.3) is 0 Å². The van der Waals surface area contributed by atoms with E-state index in [1.165, 1.54) is 0 Å². The minimum Gasteiger partial charge on any atom is -0.606 e. The molecule has 0 aliphatic carbocycles. The fourth-order valence-corrected chi connectivity index (χ4v) is 5.74. The lowest BCUT2D eigenvalue weighted by Gasteiger charge is -2.42. The molecule has 2 aliphatic rings. The molecule has 156 valence electrons. The van der Waals surface area contributed by atoms with Crippen molar-refractivity contribution in [3.63, 3.8) is 0 Å². The summed E-state index contributed by atoms with van der Waals surface area (Å²) < 4.78 is 13.6. The molecule has 1 unspecified atom stereocenters. The number of piperazine rings is 1. The molecule has 0 aromatic heterocycles. The normalized spacial score (nSPS) is 28.7. The molecule has 2 aliphatic heterocycles. The Hall–Kier alpha value is -1.32. The van der Waals surface area contributed by atoms with E-state index in [1.807, 2.05) is 43.4 Å². The molecular weight excluding hydrogens is 410 g/mol. The van der Waals surface area contributed by atoms with Crippen molar-refractivity contribution < 1.29 is 23.9 Å². The summed E-state index contributed by atoms with van der Waals surface area (Å²) >= 11 is 5.06. The molecule has 0 amide bonds. The quantitative estimate of drug-likeness (QED) is 0.573. The van der Waals surface area contributed by atoms with Gasteiger partial charge in [-0.25, -0.2) is 10.0 Å². The zero-order chi connectivity index (χ0) is 20.6. The Bertz CT molecular complexity index is 885. The summed E-state index contributed by atoms with van der Waals surface area (Å²) in [6.07, 6.45) is 0.899. The van der Waals surface area contributed by atoms with Crippen molar-refractivity contribution in [3.8, 4) is 0 Å². The van der Waals surface area contributed by atoms with Gasteiger partial charge >= 0.3 is 0 Å². The lowest BCUT2D eigenvalue weighted by Crippen LogP contribution is -2.64. The number of halogens is 1. The maximum Gasteiger partial charge on any atom is 0.182 e. The number of fused-ring (bicyclic) bond motifs is 2. The first-order valence-corrected chi connectivity index (χ1v) is 11.4. The highest BCUT2D eigenvalue weighted by atomic mass is 35.5. The fraction of sp³-hybridized carbons (Fsp3) is 0.429. The van der Waals surface area contributed by atoms with Crippen molar-refractivity contribution in [1.29, 1.82) is 0 Å². The largest absolute Gasteiger partial charge is 0.606 e. The minimum atomic E-state index is -1.21. The smallest absolute Gasteiger partial charge is 0.182 e. The van der Waals surface area contributed by atoms with E-state index in [0.717, 1.165) is 53.8 Å². The summed E-state index contributed by atoms with van der Waals surface area (Å²) in [7, 11) is 3.59. The number of anilines is 2. The molecule has 29 heavy (non-hydrogen) atoms. The predicted molar refractivity (Wildman–Crippen MR) is 114 cm³/mol. The highest BCUT2D eigenvalue weighted by Crippen LogP contribution is 2.44. The third-order valence-electron chi connectivity index (χ3n) is 6.08. The van der Waals surface area contributed by atoms with Gasteiger partial charge in [0.1, 0.15) is 6.54 Å². The van der Waals surface area contributed by atoms with Gasteiger partial charge in [0, 0.05) is 29.2 Å². The second-order valence-corrected chi connectivity index (χ2v) is 9.90. The van der Waals surface area contributed by atoms with Crippen LogP contribution in [-0.2, 0) is 16.0 Å². The van der Waals surface area contributed by atoms with E-state index in [9.17, 15) is 9.76 Å². The van der Waals surface area contributed by atoms with Crippen molar-refractivity contribution in [2.24, 2.45) is 0 Å². The molecule has 4 rings (SSSR count). The van der Waals surface area contributed by atoms with Gasteiger partial charge in [0.25, 0.3) is 0 Å². The Kier molecular flexibility index (Phi) is 5.83. The molecule has 2 aromatic carbocycles. The van der Waals surface area contributed by atoms with Gasteiger partial charge in [0.15, 0.2) is 36.0 Å². The van der Waals surface area contributed by atoms with Crippen molar-refractivity contribution >= 4 is 34.2 Å². The van der Waals surface area contributed by atoms with Gasteiger partial charge in [-0.15, -0.1) is 0 Å². The van der Waals surface area contributed by atoms with Crippen molar-refractivity contribution in [2.75, 3.05) is 58.3 Å². The lowest BCUT2D eigenvalue weighted by atomic mass is 10.2. The maximum atomic E-state index is 13.0. The third kappa shape index (κ3) is 4.14. The molecule has 6 nitrogen and oxygen atoms in total. The predicted octanol–water partition coefficient (Wildman–Crippen LogP) is 3.58. The van der Waals surface area contributed by atoms with Gasteiger partial charge in [0.2, 0.25) is 0 Å². The second kappa shape index (κ2) is 8.07. The van der Waals surface area contributed by atoms with Crippen LogP contribution in [0.3, 0.4) is 0 Å². The van der Waals surface area contributed by atoms with Crippen LogP contribution in [0.2, 0.25) is 5.02 Å². The van der Waals surface area contributed by atoms with Crippen LogP contribution < -0.4 is 4.90 Å². The summed E-state index contributed by atoms with van der Waals surface area (Å²) in [5.74, 6) is 0. The van der Waals surface area contributed by atoms with Gasteiger partial charge in [-0.3, -0.25) is 0 Å². The summed E-state index contributed by atoms with van der Waals surface area (Å²) in [4.78, 5) is 9.73. The molecule has 1 N–H and O–H groups in total.